The minimum atomic E-state index is -3.60. The summed E-state index contributed by atoms with van der Waals surface area (Å²) in [4.78, 5) is 24.7. The van der Waals surface area contributed by atoms with Crippen molar-refractivity contribution >= 4 is 38.2 Å². The van der Waals surface area contributed by atoms with Gasteiger partial charge in [-0.15, -0.1) is 11.3 Å². The molecule has 0 bridgehead atoms. The molecule has 1 saturated heterocycles. The lowest BCUT2D eigenvalue weighted by Gasteiger charge is -2.34. The number of hydrogen-bond donors (Lipinski definition) is 1. The molecule has 1 aromatic carbocycles. The zero-order chi connectivity index (χ0) is 21.9. The predicted octanol–water partition coefficient (Wildman–Crippen LogP) is 3.84. The number of carbonyl (C=O) groups excluding carboxylic acids is 2. The molecule has 3 rings (SSSR count). The van der Waals surface area contributed by atoms with E-state index in [4.69, 9.17) is 4.74 Å². The number of hydrogen-bond acceptors (Lipinski definition) is 6. The number of anilines is 1. The molecule has 9 heteroatoms. The van der Waals surface area contributed by atoms with E-state index in [0.717, 1.165) is 6.42 Å². The van der Waals surface area contributed by atoms with Gasteiger partial charge in [0, 0.05) is 18.7 Å². The van der Waals surface area contributed by atoms with Gasteiger partial charge in [0.1, 0.15) is 5.00 Å². The van der Waals surface area contributed by atoms with E-state index in [9.17, 15) is 18.0 Å². The molecule has 1 fully saturated rings. The van der Waals surface area contributed by atoms with Crippen LogP contribution in [-0.2, 0) is 14.8 Å². The summed E-state index contributed by atoms with van der Waals surface area (Å²) >= 11 is 1.22. The fourth-order valence-electron chi connectivity index (χ4n) is 3.68. The molecule has 1 aliphatic rings. The Balaban J connectivity index is 1.74. The number of piperidine rings is 1. The Labute approximate surface area is 181 Å². The second kappa shape index (κ2) is 9.28. The van der Waals surface area contributed by atoms with Crippen molar-refractivity contribution in [1.29, 1.82) is 0 Å². The summed E-state index contributed by atoms with van der Waals surface area (Å²) in [6, 6.07) is 7.46. The Morgan fingerprint density at radius 3 is 2.37 bits per heavy atom. The first kappa shape index (κ1) is 22.5. The van der Waals surface area contributed by atoms with Gasteiger partial charge in [0.2, 0.25) is 10.0 Å². The van der Waals surface area contributed by atoms with Gasteiger partial charge < -0.3 is 10.1 Å². The summed E-state index contributed by atoms with van der Waals surface area (Å²) in [5, 5.41) is 4.79. The largest absolute Gasteiger partial charge is 0.462 e. The van der Waals surface area contributed by atoms with Crippen LogP contribution in [0.25, 0.3) is 0 Å². The van der Waals surface area contributed by atoms with Gasteiger partial charge in [-0.05, 0) is 60.9 Å². The van der Waals surface area contributed by atoms with Gasteiger partial charge in [-0.25, -0.2) is 13.2 Å². The number of benzene rings is 1. The van der Waals surface area contributed by atoms with Crippen molar-refractivity contribution in [2.45, 2.75) is 32.1 Å². The molecule has 7 nitrogen and oxygen atoms in total. The van der Waals surface area contributed by atoms with E-state index in [1.54, 1.807) is 18.4 Å². The first-order valence-electron chi connectivity index (χ1n) is 9.88. The number of nitrogens with one attached hydrogen (secondary N) is 1. The molecule has 1 aromatic heterocycles. The maximum Gasteiger partial charge on any atom is 0.341 e. The summed E-state index contributed by atoms with van der Waals surface area (Å²) < 4.78 is 32.5. The fourth-order valence-corrected chi connectivity index (χ4v) is 6.13. The van der Waals surface area contributed by atoms with Gasteiger partial charge in [0.15, 0.2) is 0 Å². The van der Waals surface area contributed by atoms with Crippen LogP contribution in [-0.4, -0.2) is 44.3 Å². The number of thiophene rings is 1. The number of rotatable bonds is 6. The average molecular weight is 451 g/mol. The molecule has 1 amide bonds. The molecular formula is C21H26N2O5S2. The summed E-state index contributed by atoms with van der Waals surface area (Å²) in [6.45, 7) is 7.07. The quantitative estimate of drug-likeness (QED) is 0.675. The van der Waals surface area contributed by atoms with E-state index in [2.05, 4.69) is 19.2 Å². The van der Waals surface area contributed by atoms with Crippen LogP contribution >= 0.6 is 11.3 Å². The van der Waals surface area contributed by atoms with Crippen LogP contribution in [0.2, 0.25) is 0 Å². The van der Waals surface area contributed by atoms with Gasteiger partial charge in [0.05, 0.1) is 17.1 Å². The SMILES string of the molecule is CCOC(=O)c1ccsc1NC(=O)c1ccc(S(=O)(=O)N2CC(C)CC(C)C2)cc1. The van der Waals surface area contributed by atoms with Crippen LogP contribution in [0.4, 0.5) is 5.00 Å². The zero-order valence-corrected chi connectivity index (χ0v) is 18.9. The van der Waals surface area contributed by atoms with E-state index < -0.39 is 21.9 Å². The highest BCUT2D eigenvalue weighted by Gasteiger charge is 2.31. The van der Waals surface area contributed by atoms with E-state index in [1.807, 2.05) is 0 Å². The van der Waals surface area contributed by atoms with Crippen LogP contribution in [0.15, 0.2) is 40.6 Å². The van der Waals surface area contributed by atoms with Crippen LogP contribution in [0.3, 0.4) is 0 Å². The predicted molar refractivity (Wildman–Crippen MR) is 116 cm³/mol. The highest BCUT2D eigenvalue weighted by molar-refractivity contribution is 7.89. The molecule has 1 N–H and O–H groups in total. The number of nitrogens with zero attached hydrogens (tertiary/aromatic N) is 1. The second-order valence-electron chi connectivity index (χ2n) is 7.63. The molecule has 2 unspecified atom stereocenters. The number of ether oxygens (including phenoxy) is 1. The van der Waals surface area contributed by atoms with Crippen LogP contribution in [0, 0.1) is 11.8 Å². The Bertz CT molecular complexity index is 1000. The van der Waals surface area contributed by atoms with Crippen molar-refractivity contribution in [2.24, 2.45) is 11.8 Å². The lowest BCUT2D eigenvalue weighted by molar-refractivity contribution is 0.0528. The average Bonchev–Trinajstić information content (AvgIpc) is 3.15. The number of carbonyl (C=O) groups is 2. The molecule has 30 heavy (non-hydrogen) atoms. The highest BCUT2D eigenvalue weighted by Crippen LogP contribution is 2.28. The molecule has 0 aliphatic carbocycles. The van der Waals surface area contributed by atoms with Gasteiger partial charge in [-0.2, -0.15) is 4.31 Å². The van der Waals surface area contributed by atoms with E-state index in [0.29, 0.717) is 41.1 Å². The topological polar surface area (TPSA) is 92.8 Å². The second-order valence-corrected chi connectivity index (χ2v) is 10.5. The minimum Gasteiger partial charge on any atom is -0.462 e. The summed E-state index contributed by atoms with van der Waals surface area (Å²) in [5.74, 6) is -0.298. The fraction of sp³-hybridized carbons (Fsp3) is 0.429. The number of amides is 1. The molecule has 2 atom stereocenters. The van der Waals surface area contributed by atoms with Gasteiger partial charge >= 0.3 is 5.97 Å². The summed E-state index contributed by atoms with van der Waals surface area (Å²) in [6.07, 6.45) is 1.02. The van der Waals surface area contributed by atoms with Crippen LogP contribution in [0.1, 0.15) is 47.9 Å². The molecule has 2 aromatic rings. The Morgan fingerprint density at radius 2 is 1.77 bits per heavy atom. The van der Waals surface area contributed by atoms with Crippen molar-refractivity contribution in [3.8, 4) is 0 Å². The van der Waals surface area contributed by atoms with Crippen molar-refractivity contribution in [2.75, 3.05) is 25.0 Å². The molecule has 0 radical (unpaired) electrons. The van der Waals surface area contributed by atoms with E-state index in [-0.39, 0.29) is 11.5 Å². The van der Waals surface area contributed by atoms with Crippen LogP contribution in [0.5, 0.6) is 0 Å². The van der Waals surface area contributed by atoms with Gasteiger partial charge in [-0.1, -0.05) is 13.8 Å². The molecule has 162 valence electrons. The maximum absolute atomic E-state index is 13.0. The number of sulfonamides is 1. The third kappa shape index (κ3) is 4.91. The van der Waals surface area contributed by atoms with Gasteiger partial charge in [0.25, 0.3) is 5.91 Å². The lowest BCUT2D eigenvalue weighted by Crippen LogP contribution is -2.42. The first-order valence-corrected chi connectivity index (χ1v) is 12.2. The molecule has 0 spiro atoms. The standard InChI is InChI=1S/C21H26N2O5S2/c1-4-28-21(25)18-9-10-29-20(18)22-19(24)16-5-7-17(8-6-16)30(26,27)23-12-14(2)11-15(3)13-23/h5-10,14-15H,4,11-13H2,1-3H3,(H,22,24). The Hall–Kier alpha value is -2.23. The highest BCUT2D eigenvalue weighted by atomic mass is 32.2. The van der Waals surface area contributed by atoms with E-state index >= 15 is 0 Å². The number of esters is 1. The van der Waals surface area contributed by atoms with E-state index in [1.165, 1.54) is 39.9 Å². The van der Waals surface area contributed by atoms with Crippen molar-refractivity contribution < 1.29 is 22.7 Å². The minimum absolute atomic E-state index is 0.170. The molecular weight excluding hydrogens is 424 g/mol. The Kier molecular flexibility index (Phi) is 6.95. The normalized spacial score (nSPS) is 20.0. The van der Waals surface area contributed by atoms with Crippen molar-refractivity contribution in [1.82, 2.24) is 4.31 Å². The maximum atomic E-state index is 13.0. The monoisotopic (exact) mass is 450 g/mol. The van der Waals surface area contributed by atoms with Crippen molar-refractivity contribution in [3.63, 3.8) is 0 Å². The van der Waals surface area contributed by atoms with Gasteiger partial charge in [-0.3, -0.25) is 4.79 Å². The zero-order valence-electron chi connectivity index (χ0n) is 17.3. The van der Waals surface area contributed by atoms with Crippen molar-refractivity contribution in [3.05, 3.63) is 46.8 Å². The van der Waals surface area contributed by atoms with Crippen LogP contribution < -0.4 is 5.32 Å². The molecule has 1 aliphatic heterocycles. The smallest absolute Gasteiger partial charge is 0.341 e. The Morgan fingerprint density at radius 1 is 1.13 bits per heavy atom. The summed E-state index contributed by atoms with van der Waals surface area (Å²) in [7, 11) is -3.60. The molecule has 0 saturated carbocycles. The third-order valence-electron chi connectivity index (χ3n) is 4.98. The lowest BCUT2D eigenvalue weighted by atomic mass is 9.94. The summed E-state index contributed by atoms with van der Waals surface area (Å²) in [5.41, 5.74) is 0.597. The molecule has 2 heterocycles. The third-order valence-corrected chi connectivity index (χ3v) is 7.65. The first-order chi connectivity index (χ1) is 14.2.